The third-order valence-electron chi connectivity index (χ3n) is 2.89. The van der Waals surface area contributed by atoms with E-state index in [-0.39, 0.29) is 16.0 Å². The molecule has 0 saturated carbocycles. The lowest BCUT2D eigenvalue weighted by molar-refractivity contribution is -0.122. The van der Waals surface area contributed by atoms with Gasteiger partial charge in [0.25, 0.3) is 15.9 Å². The van der Waals surface area contributed by atoms with Crippen LogP contribution in [0.2, 0.25) is 0 Å². The Balaban J connectivity index is 2.41. The Morgan fingerprint density at radius 3 is 2.43 bits per heavy atom. The van der Waals surface area contributed by atoms with Gasteiger partial charge in [-0.3, -0.25) is 9.69 Å². The second-order valence-corrected chi connectivity index (χ2v) is 7.52. The number of carbonyl (C=O) groups excluding carboxylic acids is 1. The van der Waals surface area contributed by atoms with Gasteiger partial charge in [0.1, 0.15) is 5.82 Å². The van der Waals surface area contributed by atoms with E-state index in [9.17, 15) is 17.6 Å². The first-order chi connectivity index (χ1) is 10.7. The van der Waals surface area contributed by atoms with E-state index in [4.69, 9.17) is 0 Å². The van der Waals surface area contributed by atoms with Crippen LogP contribution in [0.4, 0.5) is 4.39 Å². The SMILES string of the molecule is CCN1C(=O)/C(=C/N(C)C)S/C1=N/S(=O)(=O)c1ccc(F)cc1. The first kappa shape index (κ1) is 17.5. The standard InChI is InChI=1S/C14H16FN3O3S2/c1-4-18-13(19)12(9-17(2)3)22-14(18)16-23(20,21)11-7-5-10(15)6-8-11/h5-9H,4H2,1-3H3/b12-9-,16-14+. The minimum absolute atomic E-state index is 0.0925. The first-order valence-corrected chi connectivity index (χ1v) is 8.98. The Labute approximate surface area is 138 Å². The zero-order valence-electron chi connectivity index (χ0n) is 12.9. The maximum absolute atomic E-state index is 12.9. The molecule has 9 heteroatoms. The van der Waals surface area contributed by atoms with E-state index in [1.54, 1.807) is 32.1 Å². The maximum atomic E-state index is 12.9. The van der Waals surface area contributed by atoms with Crippen LogP contribution >= 0.6 is 11.8 Å². The van der Waals surface area contributed by atoms with E-state index in [1.807, 2.05) is 0 Å². The Morgan fingerprint density at radius 2 is 1.91 bits per heavy atom. The van der Waals surface area contributed by atoms with Gasteiger partial charge < -0.3 is 4.90 Å². The van der Waals surface area contributed by atoms with Crippen LogP contribution in [0, 0.1) is 5.82 Å². The number of thioether (sulfide) groups is 1. The molecule has 1 saturated heterocycles. The van der Waals surface area contributed by atoms with Crippen LogP contribution in [0.3, 0.4) is 0 Å². The largest absolute Gasteiger partial charge is 0.382 e. The smallest absolute Gasteiger partial charge is 0.284 e. The molecule has 0 radical (unpaired) electrons. The van der Waals surface area contributed by atoms with E-state index in [1.165, 1.54) is 4.90 Å². The normalized spacial score (nSPS) is 19.0. The fraction of sp³-hybridized carbons (Fsp3) is 0.286. The van der Waals surface area contributed by atoms with Crippen molar-refractivity contribution >= 4 is 32.9 Å². The molecule has 1 amide bonds. The van der Waals surface area contributed by atoms with Gasteiger partial charge in [0.05, 0.1) is 9.80 Å². The predicted octanol–water partition coefficient (Wildman–Crippen LogP) is 1.87. The number of rotatable bonds is 4. The molecule has 0 bridgehead atoms. The number of amidine groups is 1. The maximum Gasteiger partial charge on any atom is 0.284 e. The zero-order chi connectivity index (χ0) is 17.2. The molecule has 0 aromatic heterocycles. The van der Waals surface area contributed by atoms with Crippen LogP contribution in [-0.2, 0) is 14.8 Å². The van der Waals surface area contributed by atoms with Gasteiger partial charge in [-0.1, -0.05) is 0 Å². The minimum atomic E-state index is -4.01. The summed E-state index contributed by atoms with van der Waals surface area (Å²) in [6, 6.07) is 4.38. The minimum Gasteiger partial charge on any atom is -0.382 e. The molecule has 6 nitrogen and oxygen atoms in total. The lowest BCUT2D eigenvalue weighted by Gasteiger charge is -2.12. The van der Waals surface area contributed by atoms with E-state index in [0.717, 1.165) is 36.0 Å². The quantitative estimate of drug-likeness (QED) is 0.770. The molecule has 1 fully saturated rings. The van der Waals surface area contributed by atoms with Gasteiger partial charge in [0.2, 0.25) is 0 Å². The van der Waals surface area contributed by atoms with Crippen LogP contribution in [0.15, 0.2) is 44.7 Å². The van der Waals surface area contributed by atoms with Crippen LogP contribution in [0.5, 0.6) is 0 Å². The topological polar surface area (TPSA) is 70.1 Å². The molecule has 1 aliphatic heterocycles. The van der Waals surface area contributed by atoms with Crippen molar-refractivity contribution in [2.24, 2.45) is 4.40 Å². The van der Waals surface area contributed by atoms with Gasteiger partial charge in [-0.15, -0.1) is 4.40 Å². The number of sulfonamides is 1. The summed E-state index contributed by atoms with van der Waals surface area (Å²) in [5.41, 5.74) is 0. The predicted molar refractivity (Wildman–Crippen MR) is 87.8 cm³/mol. The molecular weight excluding hydrogens is 341 g/mol. The number of hydrogen-bond donors (Lipinski definition) is 0. The molecule has 0 N–H and O–H groups in total. The molecule has 1 aromatic rings. The van der Waals surface area contributed by atoms with Crippen molar-refractivity contribution in [3.63, 3.8) is 0 Å². The highest BCUT2D eigenvalue weighted by atomic mass is 32.2. The summed E-state index contributed by atoms with van der Waals surface area (Å²) in [4.78, 5) is 15.5. The molecule has 2 rings (SSSR count). The fourth-order valence-electron chi connectivity index (χ4n) is 1.84. The van der Waals surface area contributed by atoms with Gasteiger partial charge in [-0.25, -0.2) is 4.39 Å². The molecule has 0 aliphatic carbocycles. The molecule has 0 spiro atoms. The summed E-state index contributed by atoms with van der Waals surface area (Å²) in [7, 11) is -0.482. The fourth-order valence-corrected chi connectivity index (χ4v) is 4.15. The average molecular weight is 357 g/mol. The molecule has 124 valence electrons. The highest BCUT2D eigenvalue weighted by molar-refractivity contribution is 8.19. The highest BCUT2D eigenvalue weighted by Crippen LogP contribution is 2.32. The van der Waals surface area contributed by atoms with Crippen LogP contribution < -0.4 is 0 Å². The molecule has 23 heavy (non-hydrogen) atoms. The third kappa shape index (κ3) is 3.91. The van der Waals surface area contributed by atoms with Gasteiger partial charge in [-0.2, -0.15) is 8.42 Å². The highest BCUT2D eigenvalue weighted by Gasteiger charge is 2.34. The van der Waals surface area contributed by atoms with Crippen molar-refractivity contribution < 1.29 is 17.6 Å². The monoisotopic (exact) mass is 357 g/mol. The Morgan fingerprint density at radius 1 is 1.30 bits per heavy atom. The Bertz CT molecular complexity index is 771. The van der Waals surface area contributed by atoms with E-state index >= 15 is 0 Å². The summed E-state index contributed by atoms with van der Waals surface area (Å²) < 4.78 is 41.3. The second kappa shape index (κ2) is 6.71. The van der Waals surface area contributed by atoms with Crippen molar-refractivity contribution in [3.8, 4) is 0 Å². The van der Waals surface area contributed by atoms with Crippen molar-refractivity contribution in [1.82, 2.24) is 9.80 Å². The van der Waals surface area contributed by atoms with Crippen molar-refractivity contribution in [2.75, 3.05) is 20.6 Å². The molecule has 0 unspecified atom stereocenters. The van der Waals surface area contributed by atoms with Crippen LogP contribution in [-0.4, -0.2) is 49.9 Å². The van der Waals surface area contributed by atoms with E-state index in [0.29, 0.717) is 11.4 Å². The van der Waals surface area contributed by atoms with Gasteiger partial charge >= 0.3 is 0 Å². The van der Waals surface area contributed by atoms with Crippen LogP contribution in [0.25, 0.3) is 0 Å². The van der Waals surface area contributed by atoms with Gasteiger partial charge in [-0.05, 0) is 43.0 Å². The van der Waals surface area contributed by atoms with Crippen LogP contribution in [0.1, 0.15) is 6.92 Å². The summed E-state index contributed by atoms with van der Waals surface area (Å²) in [6.45, 7) is 2.03. The average Bonchev–Trinajstić information content (AvgIpc) is 2.73. The molecule has 1 aliphatic rings. The van der Waals surface area contributed by atoms with Gasteiger partial charge in [0.15, 0.2) is 5.17 Å². The van der Waals surface area contributed by atoms with E-state index in [2.05, 4.69) is 4.40 Å². The first-order valence-electron chi connectivity index (χ1n) is 6.73. The number of likely N-dealkylation sites (N-methyl/N-ethyl adjacent to an activating group) is 1. The molecule has 0 atom stereocenters. The van der Waals surface area contributed by atoms with E-state index < -0.39 is 15.8 Å². The van der Waals surface area contributed by atoms with Crippen molar-refractivity contribution in [2.45, 2.75) is 11.8 Å². The van der Waals surface area contributed by atoms with Gasteiger partial charge in [0, 0.05) is 26.8 Å². The molecular formula is C14H16FN3O3S2. The molecule has 1 heterocycles. The number of nitrogens with zero attached hydrogens (tertiary/aromatic N) is 3. The summed E-state index contributed by atoms with van der Waals surface area (Å²) >= 11 is 0.997. The molecule has 1 aromatic carbocycles. The lowest BCUT2D eigenvalue weighted by Crippen LogP contribution is -2.29. The summed E-state index contributed by atoms with van der Waals surface area (Å²) in [5, 5.41) is 0.0925. The number of benzene rings is 1. The lowest BCUT2D eigenvalue weighted by atomic mass is 10.4. The number of hydrogen-bond acceptors (Lipinski definition) is 5. The second-order valence-electron chi connectivity index (χ2n) is 4.91. The number of carbonyl (C=O) groups is 1. The summed E-state index contributed by atoms with van der Waals surface area (Å²) in [6.07, 6.45) is 1.61. The number of halogens is 1. The zero-order valence-corrected chi connectivity index (χ0v) is 14.5. The summed E-state index contributed by atoms with van der Waals surface area (Å²) in [5.74, 6) is -0.826. The number of amides is 1. The Kier molecular flexibility index (Phi) is 5.10. The van der Waals surface area contributed by atoms with Crippen molar-refractivity contribution in [1.29, 1.82) is 0 Å². The third-order valence-corrected chi connectivity index (χ3v) is 5.28. The van der Waals surface area contributed by atoms with Crippen molar-refractivity contribution in [3.05, 3.63) is 41.2 Å². The Hall–Kier alpha value is -1.87.